The number of phenolic OH excluding ortho intramolecular Hbond substituents is 1. The second kappa shape index (κ2) is 6.39. The second-order valence-electron chi connectivity index (χ2n) is 7.17. The zero-order valence-electron chi connectivity index (χ0n) is 15.1. The van der Waals surface area contributed by atoms with Gasteiger partial charge in [-0.2, -0.15) is 0 Å². The smallest absolute Gasteiger partial charge is 0.261 e. The number of benzene rings is 1. The molecule has 0 radical (unpaired) electrons. The lowest BCUT2D eigenvalue weighted by atomic mass is 9.99. The van der Waals surface area contributed by atoms with Crippen molar-refractivity contribution in [3.05, 3.63) is 57.0 Å². The molecule has 5 heteroatoms. The fourth-order valence-electron chi connectivity index (χ4n) is 3.06. The van der Waals surface area contributed by atoms with Crippen LogP contribution in [0.4, 0.5) is 5.69 Å². The van der Waals surface area contributed by atoms with Crippen molar-refractivity contribution in [3.8, 4) is 5.75 Å². The molecule has 0 bridgehead atoms. The minimum Gasteiger partial charge on any atom is -0.508 e. The fraction of sp³-hybridized carbons (Fsp3) is 0.400. The number of hydrogen-bond donors (Lipinski definition) is 2. The first-order chi connectivity index (χ1) is 11.8. The van der Waals surface area contributed by atoms with Crippen LogP contribution in [0.15, 0.2) is 29.2 Å². The number of rotatable bonds is 4. The maximum absolute atomic E-state index is 12.7. The van der Waals surface area contributed by atoms with Gasteiger partial charge in [-0.25, -0.2) is 0 Å². The molecule has 1 saturated carbocycles. The molecule has 2 N–H and O–H groups in total. The van der Waals surface area contributed by atoms with Crippen LogP contribution in [0.25, 0.3) is 0 Å². The van der Waals surface area contributed by atoms with Crippen LogP contribution in [0.2, 0.25) is 0 Å². The van der Waals surface area contributed by atoms with E-state index < -0.39 is 5.91 Å². The first-order valence-corrected chi connectivity index (χ1v) is 8.65. The third kappa shape index (κ3) is 3.45. The highest BCUT2D eigenvalue weighted by Gasteiger charge is 2.25. The molecular weight excluding hydrogens is 316 g/mol. The molecule has 3 rings (SSSR count). The number of nitrogens with zero attached hydrogens (tertiary/aromatic N) is 1. The van der Waals surface area contributed by atoms with Gasteiger partial charge in [-0.3, -0.25) is 9.59 Å². The summed E-state index contributed by atoms with van der Waals surface area (Å²) in [6, 6.07) is 5.34. The van der Waals surface area contributed by atoms with E-state index in [0.717, 1.165) is 29.7 Å². The number of amides is 1. The molecule has 1 aliphatic rings. The molecule has 0 saturated heterocycles. The number of aromatic hydroxyl groups is 1. The van der Waals surface area contributed by atoms with Crippen molar-refractivity contribution in [2.24, 2.45) is 0 Å². The van der Waals surface area contributed by atoms with E-state index in [2.05, 4.69) is 5.32 Å². The summed E-state index contributed by atoms with van der Waals surface area (Å²) < 4.78 is 2.01. The SMILES string of the molecule is Cc1cc(O)c(C(C)C)cc1NC(=O)c1cn(C2CC2)c(C)cc1=O. The summed E-state index contributed by atoms with van der Waals surface area (Å²) in [4.78, 5) is 24.9. The highest BCUT2D eigenvalue weighted by atomic mass is 16.3. The quantitative estimate of drug-likeness (QED) is 0.830. The third-order valence-electron chi connectivity index (χ3n) is 4.71. The van der Waals surface area contributed by atoms with E-state index in [0.29, 0.717) is 11.7 Å². The van der Waals surface area contributed by atoms with Crippen molar-refractivity contribution in [1.29, 1.82) is 0 Å². The van der Waals surface area contributed by atoms with E-state index >= 15 is 0 Å². The lowest BCUT2D eigenvalue weighted by molar-refractivity contribution is 0.102. The fourth-order valence-corrected chi connectivity index (χ4v) is 3.06. The van der Waals surface area contributed by atoms with Gasteiger partial charge in [0.25, 0.3) is 5.91 Å². The number of phenols is 1. The highest BCUT2D eigenvalue weighted by Crippen LogP contribution is 2.35. The van der Waals surface area contributed by atoms with Crippen molar-refractivity contribution < 1.29 is 9.90 Å². The Bertz CT molecular complexity index is 893. The van der Waals surface area contributed by atoms with Gasteiger partial charge in [0, 0.05) is 29.7 Å². The number of anilines is 1. The van der Waals surface area contributed by atoms with Gasteiger partial charge in [-0.15, -0.1) is 0 Å². The van der Waals surface area contributed by atoms with E-state index in [1.165, 1.54) is 6.07 Å². The molecule has 1 amide bonds. The maximum atomic E-state index is 12.7. The van der Waals surface area contributed by atoms with Crippen molar-refractivity contribution in [3.63, 3.8) is 0 Å². The minimum absolute atomic E-state index is 0.128. The summed E-state index contributed by atoms with van der Waals surface area (Å²) in [6.45, 7) is 7.66. The van der Waals surface area contributed by atoms with Crippen LogP contribution in [0.3, 0.4) is 0 Å². The molecule has 5 nitrogen and oxygen atoms in total. The number of pyridine rings is 1. The normalized spacial score (nSPS) is 14.0. The van der Waals surface area contributed by atoms with Crippen LogP contribution in [0.5, 0.6) is 5.75 Å². The van der Waals surface area contributed by atoms with Crippen molar-refractivity contribution in [2.75, 3.05) is 5.32 Å². The zero-order chi connectivity index (χ0) is 18.3. The van der Waals surface area contributed by atoms with Crippen LogP contribution in [0, 0.1) is 13.8 Å². The predicted octanol–water partition coefficient (Wildman–Crippen LogP) is 3.88. The Balaban J connectivity index is 1.94. The molecule has 0 aliphatic heterocycles. The number of aromatic nitrogens is 1. The summed E-state index contributed by atoms with van der Waals surface area (Å²) in [7, 11) is 0. The van der Waals surface area contributed by atoms with E-state index in [9.17, 15) is 14.7 Å². The van der Waals surface area contributed by atoms with Gasteiger partial charge in [0.1, 0.15) is 11.3 Å². The van der Waals surface area contributed by atoms with Crippen LogP contribution in [-0.2, 0) is 0 Å². The first-order valence-electron chi connectivity index (χ1n) is 8.65. The van der Waals surface area contributed by atoms with Gasteiger partial charge >= 0.3 is 0 Å². The van der Waals surface area contributed by atoms with E-state index in [-0.39, 0.29) is 22.7 Å². The lowest BCUT2D eigenvalue weighted by Crippen LogP contribution is -2.24. The monoisotopic (exact) mass is 340 g/mol. The molecule has 1 fully saturated rings. The first kappa shape index (κ1) is 17.3. The third-order valence-corrected chi connectivity index (χ3v) is 4.71. The molecule has 25 heavy (non-hydrogen) atoms. The summed E-state index contributed by atoms with van der Waals surface area (Å²) in [5.74, 6) is -0.0671. The average Bonchev–Trinajstić information content (AvgIpc) is 3.34. The van der Waals surface area contributed by atoms with Crippen LogP contribution in [0.1, 0.15) is 65.8 Å². The Morgan fingerprint density at radius 1 is 1.24 bits per heavy atom. The van der Waals surface area contributed by atoms with E-state index in [4.69, 9.17) is 0 Å². The second-order valence-corrected chi connectivity index (χ2v) is 7.17. The van der Waals surface area contributed by atoms with Crippen molar-refractivity contribution in [2.45, 2.75) is 52.5 Å². The molecule has 0 atom stereocenters. The molecule has 0 unspecified atom stereocenters. The molecule has 132 valence electrons. The molecule has 0 spiro atoms. The predicted molar refractivity (Wildman–Crippen MR) is 98.6 cm³/mol. The molecular formula is C20H24N2O3. The summed E-state index contributed by atoms with van der Waals surface area (Å²) in [5, 5.41) is 12.9. The maximum Gasteiger partial charge on any atom is 0.261 e. The molecule has 2 aromatic rings. The molecule has 1 aromatic carbocycles. The Labute approximate surface area is 147 Å². The van der Waals surface area contributed by atoms with Crippen LogP contribution in [-0.4, -0.2) is 15.6 Å². The van der Waals surface area contributed by atoms with E-state index in [1.54, 1.807) is 18.3 Å². The van der Waals surface area contributed by atoms with Gasteiger partial charge in [0.15, 0.2) is 5.43 Å². The number of nitrogens with one attached hydrogen (secondary N) is 1. The summed E-state index contributed by atoms with van der Waals surface area (Å²) in [5.41, 5.74) is 2.89. The van der Waals surface area contributed by atoms with E-state index in [1.807, 2.05) is 32.3 Å². The average molecular weight is 340 g/mol. The Morgan fingerprint density at radius 2 is 1.92 bits per heavy atom. The molecule has 1 aromatic heterocycles. The van der Waals surface area contributed by atoms with Crippen LogP contribution < -0.4 is 10.7 Å². The Hall–Kier alpha value is -2.56. The molecule has 1 heterocycles. The lowest BCUT2D eigenvalue weighted by Gasteiger charge is -2.15. The minimum atomic E-state index is -0.414. The summed E-state index contributed by atoms with van der Waals surface area (Å²) in [6.07, 6.45) is 3.84. The molecule has 1 aliphatic carbocycles. The van der Waals surface area contributed by atoms with Gasteiger partial charge in [0.05, 0.1) is 0 Å². The van der Waals surface area contributed by atoms with Crippen molar-refractivity contribution in [1.82, 2.24) is 4.57 Å². The Morgan fingerprint density at radius 3 is 2.52 bits per heavy atom. The zero-order valence-corrected chi connectivity index (χ0v) is 15.1. The number of carbonyl (C=O) groups is 1. The van der Waals surface area contributed by atoms with Gasteiger partial charge < -0.3 is 15.0 Å². The number of aryl methyl sites for hydroxylation is 2. The number of hydrogen-bond acceptors (Lipinski definition) is 3. The topological polar surface area (TPSA) is 71.3 Å². The standard InChI is InChI=1S/C20H24N2O3/c1-11(2)15-9-17(12(3)7-18(15)23)21-20(25)16-10-22(14-5-6-14)13(4)8-19(16)24/h7-11,14,23H,5-6H2,1-4H3,(H,21,25). The highest BCUT2D eigenvalue weighted by molar-refractivity contribution is 6.04. The van der Waals surface area contributed by atoms with Crippen molar-refractivity contribution >= 4 is 11.6 Å². The van der Waals surface area contributed by atoms with Crippen LogP contribution >= 0.6 is 0 Å². The largest absolute Gasteiger partial charge is 0.508 e. The number of carbonyl (C=O) groups excluding carboxylic acids is 1. The Kier molecular flexibility index (Phi) is 4.41. The van der Waals surface area contributed by atoms with Gasteiger partial charge in [0.2, 0.25) is 0 Å². The van der Waals surface area contributed by atoms with Gasteiger partial charge in [-0.1, -0.05) is 13.8 Å². The van der Waals surface area contributed by atoms with Gasteiger partial charge in [-0.05, 0) is 55.9 Å². The summed E-state index contributed by atoms with van der Waals surface area (Å²) >= 11 is 0.